The average Bonchev–Trinajstić information content (AvgIpc) is 2.93. The summed E-state index contributed by atoms with van der Waals surface area (Å²) in [6, 6.07) is 8.51. The van der Waals surface area contributed by atoms with E-state index in [0.717, 1.165) is 28.0 Å². The van der Waals surface area contributed by atoms with Gasteiger partial charge in [0.2, 0.25) is 5.28 Å². The molecule has 0 spiro atoms. The Morgan fingerprint density at radius 2 is 1.92 bits per heavy atom. The third-order valence-corrected chi connectivity index (χ3v) is 5.43. The Hall–Kier alpha value is -1.69. The van der Waals surface area contributed by atoms with Crippen LogP contribution in [0.1, 0.15) is 17.4 Å². The van der Waals surface area contributed by atoms with Gasteiger partial charge in [-0.2, -0.15) is 4.98 Å². The number of thiophene rings is 1. The van der Waals surface area contributed by atoms with Crippen LogP contribution in [-0.4, -0.2) is 35.3 Å². The number of anilines is 1. The highest BCUT2D eigenvalue weighted by Crippen LogP contribution is 2.42. The zero-order valence-corrected chi connectivity index (χ0v) is 15.6. The number of likely N-dealkylation sites (N-methyl/N-ethyl adjacent to an activating group) is 1. The minimum atomic E-state index is 0.0598. The molecule has 0 radical (unpaired) electrons. The van der Waals surface area contributed by atoms with Crippen molar-refractivity contribution in [1.82, 2.24) is 9.97 Å². The molecule has 0 aliphatic heterocycles. The van der Waals surface area contributed by atoms with Crippen LogP contribution in [0.4, 0.5) is 5.82 Å². The van der Waals surface area contributed by atoms with Gasteiger partial charge in [-0.25, -0.2) is 4.98 Å². The molecule has 0 saturated heterocycles. The van der Waals surface area contributed by atoms with Crippen LogP contribution in [0.2, 0.25) is 5.28 Å². The topological polar surface area (TPSA) is 49.2 Å². The van der Waals surface area contributed by atoms with Gasteiger partial charge < -0.3 is 10.0 Å². The van der Waals surface area contributed by atoms with Crippen molar-refractivity contribution in [3.8, 4) is 11.1 Å². The number of fused-ring (bicyclic) bond motifs is 1. The van der Waals surface area contributed by atoms with Crippen LogP contribution < -0.4 is 4.90 Å². The molecule has 0 saturated carbocycles. The van der Waals surface area contributed by atoms with Crippen LogP contribution in [0.5, 0.6) is 0 Å². The van der Waals surface area contributed by atoms with Gasteiger partial charge in [-0.3, -0.25) is 0 Å². The second-order valence-electron chi connectivity index (χ2n) is 5.76. The van der Waals surface area contributed by atoms with Crippen molar-refractivity contribution < 1.29 is 5.11 Å². The number of aliphatic hydroxyl groups is 1. The van der Waals surface area contributed by atoms with Crippen LogP contribution in [-0.2, 0) is 6.42 Å². The van der Waals surface area contributed by atoms with Crippen molar-refractivity contribution in [3.05, 3.63) is 40.0 Å². The summed E-state index contributed by atoms with van der Waals surface area (Å²) < 4.78 is 0. The second kappa shape index (κ2) is 7.05. The molecule has 2 aromatic heterocycles. The van der Waals surface area contributed by atoms with Crippen molar-refractivity contribution in [2.24, 2.45) is 0 Å². The van der Waals surface area contributed by atoms with Crippen LogP contribution in [0.15, 0.2) is 24.3 Å². The zero-order valence-electron chi connectivity index (χ0n) is 14.0. The number of benzene rings is 1. The molecule has 0 amide bonds. The van der Waals surface area contributed by atoms with Gasteiger partial charge in [0.1, 0.15) is 10.6 Å². The summed E-state index contributed by atoms with van der Waals surface area (Å²) in [6.45, 7) is 4.78. The van der Waals surface area contributed by atoms with Crippen molar-refractivity contribution >= 4 is 39.0 Å². The highest BCUT2D eigenvalue weighted by molar-refractivity contribution is 7.19. The molecular weight excluding hydrogens is 342 g/mol. The molecule has 0 aliphatic rings. The predicted octanol–water partition coefficient (Wildman–Crippen LogP) is 4.31. The van der Waals surface area contributed by atoms with Crippen molar-refractivity contribution in [2.45, 2.75) is 20.3 Å². The van der Waals surface area contributed by atoms with Crippen molar-refractivity contribution in [3.63, 3.8) is 0 Å². The number of rotatable bonds is 5. The van der Waals surface area contributed by atoms with Crippen LogP contribution >= 0.6 is 22.9 Å². The fourth-order valence-corrected chi connectivity index (χ4v) is 4.15. The zero-order chi connectivity index (χ0) is 17.3. The van der Waals surface area contributed by atoms with Gasteiger partial charge in [-0.1, -0.05) is 36.8 Å². The predicted molar refractivity (Wildman–Crippen MR) is 102 cm³/mol. The molecule has 0 fully saturated rings. The number of halogens is 1. The molecule has 0 bridgehead atoms. The third-order valence-electron chi connectivity index (χ3n) is 4.04. The van der Waals surface area contributed by atoms with Gasteiger partial charge in [-0.15, -0.1) is 11.3 Å². The maximum Gasteiger partial charge on any atom is 0.225 e. The Kier molecular flexibility index (Phi) is 5.04. The van der Waals surface area contributed by atoms with Crippen molar-refractivity contribution in [1.29, 1.82) is 0 Å². The number of aromatic nitrogens is 2. The Morgan fingerprint density at radius 1 is 1.21 bits per heavy atom. The monoisotopic (exact) mass is 361 g/mol. The van der Waals surface area contributed by atoms with Gasteiger partial charge in [0.15, 0.2) is 0 Å². The van der Waals surface area contributed by atoms with Crippen molar-refractivity contribution in [2.75, 3.05) is 25.1 Å². The summed E-state index contributed by atoms with van der Waals surface area (Å²) >= 11 is 7.80. The number of aryl methyl sites for hydroxylation is 2. The van der Waals surface area contributed by atoms with Crippen LogP contribution in [0.3, 0.4) is 0 Å². The first kappa shape index (κ1) is 17.1. The minimum absolute atomic E-state index is 0.0598. The summed E-state index contributed by atoms with van der Waals surface area (Å²) in [7, 11) is 1.91. The first-order valence-electron chi connectivity index (χ1n) is 7.93. The van der Waals surface area contributed by atoms with E-state index in [9.17, 15) is 5.11 Å². The molecule has 2 heterocycles. The van der Waals surface area contributed by atoms with Gasteiger partial charge in [0.05, 0.1) is 12.0 Å². The number of hydrogen-bond acceptors (Lipinski definition) is 5. The molecule has 4 nitrogen and oxygen atoms in total. The molecule has 126 valence electrons. The summed E-state index contributed by atoms with van der Waals surface area (Å²) in [5, 5.41) is 10.5. The first-order chi connectivity index (χ1) is 11.5. The average molecular weight is 362 g/mol. The van der Waals surface area contributed by atoms with E-state index in [4.69, 9.17) is 11.6 Å². The Bertz CT molecular complexity index is 861. The van der Waals surface area contributed by atoms with Crippen LogP contribution in [0.25, 0.3) is 21.3 Å². The molecule has 24 heavy (non-hydrogen) atoms. The smallest absolute Gasteiger partial charge is 0.225 e. The van der Waals surface area contributed by atoms with E-state index in [1.165, 1.54) is 16.0 Å². The Morgan fingerprint density at radius 3 is 2.54 bits per heavy atom. The largest absolute Gasteiger partial charge is 0.395 e. The Labute approximate surface area is 150 Å². The highest BCUT2D eigenvalue weighted by Gasteiger charge is 2.21. The fourth-order valence-electron chi connectivity index (χ4n) is 2.81. The molecule has 0 unspecified atom stereocenters. The van der Waals surface area contributed by atoms with Gasteiger partial charge in [-0.05, 0) is 30.5 Å². The molecule has 3 aromatic rings. The lowest BCUT2D eigenvalue weighted by molar-refractivity contribution is 0.304. The molecule has 0 aliphatic carbocycles. The third kappa shape index (κ3) is 3.11. The first-order valence-corrected chi connectivity index (χ1v) is 9.12. The van der Waals surface area contributed by atoms with Crippen LogP contribution in [0, 0.1) is 6.92 Å². The fraction of sp³-hybridized carbons (Fsp3) is 0.333. The molecule has 3 rings (SSSR count). The Balaban J connectivity index is 2.32. The molecule has 6 heteroatoms. The molecule has 1 N–H and O–H groups in total. The van der Waals surface area contributed by atoms with Gasteiger partial charge >= 0.3 is 0 Å². The molecule has 0 atom stereocenters. The number of nitrogens with zero attached hydrogens (tertiary/aromatic N) is 3. The summed E-state index contributed by atoms with van der Waals surface area (Å²) in [5.74, 6) is 0.769. The standard InChI is InChI=1S/C18H20ClN3OS/c1-4-13-14(12-7-5-11(2)6-8-12)15-16(22(3)9-10-23)20-18(19)21-17(15)24-13/h5-8,23H,4,9-10H2,1-3H3. The lowest BCUT2D eigenvalue weighted by atomic mass is 10.0. The van der Waals surface area contributed by atoms with E-state index in [1.807, 2.05) is 11.9 Å². The number of hydrogen-bond donors (Lipinski definition) is 1. The normalized spacial score (nSPS) is 11.2. The summed E-state index contributed by atoms with van der Waals surface area (Å²) in [4.78, 5) is 13.0. The van der Waals surface area contributed by atoms with E-state index in [2.05, 4.69) is 48.1 Å². The maximum absolute atomic E-state index is 9.29. The van der Waals surface area contributed by atoms with E-state index in [1.54, 1.807) is 11.3 Å². The summed E-state index contributed by atoms with van der Waals surface area (Å²) in [6.07, 6.45) is 0.922. The minimum Gasteiger partial charge on any atom is -0.395 e. The van der Waals surface area contributed by atoms with Gasteiger partial charge in [0.25, 0.3) is 0 Å². The van der Waals surface area contributed by atoms with E-state index in [0.29, 0.717) is 6.54 Å². The van der Waals surface area contributed by atoms with E-state index < -0.39 is 0 Å². The molecule has 1 aromatic carbocycles. The SMILES string of the molecule is CCc1sc2nc(Cl)nc(N(C)CCO)c2c1-c1ccc(C)cc1. The lowest BCUT2D eigenvalue weighted by Gasteiger charge is -2.18. The molecular formula is C18H20ClN3OS. The highest BCUT2D eigenvalue weighted by atomic mass is 35.5. The number of aliphatic hydroxyl groups excluding tert-OH is 1. The maximum atomic E-state index is 9.29. The van der Waals surface area contributed by atoms with E-state index >= 15 is 0 Å². The lowest BCUT2D eigenvalue weighted by Crippen LogP contribution is -2.22. The quantitative estimate of drug-likeness (QED) is 0.688. The van der Waals surface area contributed by atoms with Gasteiger partial charge in [0, 0.05) is 24.0 Å². The van der Waals surface area contributed by atoms with E-state index in [-0.39, 0.29) is 11.9 Å². The summed E-state index contributed by atoms with van der Waals surface area (Å²) in [5.41, 5.74) is 3.57. The second-order valence-corrected chi connectivity index (χ2v) is 7.18.